The molecule has 5 aliphatic rings. The minimum absolute atomic E-state index is 0.00537. The van der Waals surface area contributed by atoms with Gasteiger partial charge in [-0.25, -0.2) is 0 Å². The molecule has 3 aliphatic carbocycles. The lowest BCUT2D eigenvalue weighted by Crippen LogP contribution is -2.70. The van der Waals surface area contributed by atoms with Crippen molar-refractivity contribution in [1.82, 2.24) is 10.2 Å². The lowest BCUT2D eigenvalue weighted by Gasteiger charge is -2.61. The second-order valence-electron chi connectivity index (χ2n) is 9.95. The molecule has 1 saturated heterocycles. The predicted molar refractivity (Wildman–Crippen MR) is 110 cm³/mol. The molecule has 6 nitrogen and oxygen atoms in total. The van der Waals surface area contributed by atoms with E-state index in [0.29, 0.717) is 18.7 Å². The number of hydrogen-bond acceptors (Lipinski definition) is 4. The van der Waals surface area contributed by atoms with Crippen molar-refractivity contribution in [3.63, 3.8) is 0 Å². The Hall–Kier alpha value is -2.08. The second kappa shape index (κ2) is 6.46. The van der Waals surface area contributed by atoms with Gasteiger partial charge < -0.3 is 20.3 Å². The van der Waals surface area contributed by atoms with Crippen LogP contribution in [0.3, 0.4) is 0 Å². The number of carbonyl (C=O) groups is 2. The van der Waals surface area contributed by atoms with E-state index < -0.39 is 5.66 Å². The standard InChI is InChI=1S/C23H31N3O3/c1-14-11-26(12-15(2)29-14)21(28)18-10-16-8-9-22(18,3)13-23(16)24-19-7-5-4-6-17(19)20(27)25-23/h4-7,14-16,18,24H,8-13H2,1-3H3,(H,25,27)/t14-,15+,16-,18+,22+,23+/m1/s1. The van der Waals surface area contributed by atoms with E-state index in [9.17, 15) is 9.59 Å². The monoisotopic (exact) mass is 397 g/mol. The Kier molecular flexibility index (Phi) is 4.21. The van der Waals surface area contributed by atoms with Crippen LogP contribution in [0, 0.1) is 17.3 Å². The number of anilines is 1. The molecule has 1 aromatic rings. The number of carbonyl (C=O) groups excluding carboxylic acids is 2. The van der Waals surface area contributed by atoms with Gasteiger partial charge in [0, 0.05) is 30.6 Å². The van der Waals surface area contributed by atoms with Crippen LogP contribution in [0.2, 0.25) is 0 Å². The van der Waals surface area contributed by atoms with Crippen molar-refractivity contribution in [3.05, 3.63) is 29.8 Å². The zero-order valence-electron chi connectivity index (χ0n) is 17.5. The van der Waals surface area contributed by atoms with E-state index in [4.69, 9.17) is 4.74 Å². The predicted octanol–water partition coefficient (Wildman–Crippen LogP) is 3.00. The van der Waals surface area contributed by atoms with E-state index in [-0.39, 0.29) is 41.3 Å². The molecule has 156 valence electrons. The molecule has 2 amide bonds. The summed E-state index contributed by atoms with van der Waals surface area (Å²) in [5, 5.41) is 6.98. The van der Waals surface area contributed by atoms with Gasteiger partial charge in [0.25, 0.3) is 5.91 Å². The Labute approximate surface area is 172 Å². The van der Waals surface area contributed by atoms with Gasteiger partial charge in [-0.15, -0.1) is 0 Å². The van der Waals surface area contributed by atoms with E-state index in [1.54, 1.807) is 0 Å². The third-order valence-corrected chi connectivity index (χ3v) is 7.70. The average molecular weight is 398 g/mol. The van der Waals surface area contributed by atoms with E-state index in [1.165, 1.54) is 0 Å². The highest BCUT2D eigenvalue weighted by Crippen LogP contribution is 2.58. The zero-order valence-corrected chi connectivity index (χ0v) is 17.5. The minimum atomic E-state index is -0.444. The first-order valence-electron chi connectivity index (χ1n) is 10.9. The summed E-state index contributed by atoms with van der Waals surface area (Å²) < 4.78 is 5.82. The lowest BCUT2D eigenvalue weighted by atomic mass is 9.51. The fourth-order valence-electron chi connectivity index (χ4n) is 6.41. The Morgan fingerprint density at radius 2 is 1.90 bits per heavy atom. The topological polar surface area (TPSA) is 70.7 Å². The summed E-state index contributed by atoms with van der Waals surface area (Å²) in [4.78, 5) is 28.4. The van der Waals surface area contributed by atoms with Crippen LogP contribution in [0.4, 0.5) is 5.69 Å². The molecule has 0 unspecified atom stereocenters. The largest absolute Gasteiger partial charge is 0.372 e. The normalized spacial score (nSPS) is 40.9. The molecule has 6 heteroatoms. The molecule has 29 heavy (non-hydrogen) atoms. The van der Waals surface area contributed by atoms with Crippen molar-refractivity contribution in [1.29, 1.82) is 0 Å². The molecule has 1 aromatic carbocycles. The lowest BCUT2D eigenvalue weighted by molar-refractivity contribution is -0.161. The molecular weight excluding hydrogens is 366 g/mol. The van der Waals surface area contributed by atoms with Gasteiger partial charge in [0.2, 0.25) is 5.91 Å². The van der Waals surface area contributed by atoms with E-state index in [1.807, 2.05) is 43.0 Å². The van der Waals surface area contributed by atoms with Gasteiger partial charge in [0.05, 0.1) is 17.8 Å². The van der Waals surface area contributed by atoms with E-state index >= 15 is 0 Å². The molecule has 4 fully saturated rings. The van der Waals surface area contributed by atoms with Crippen molar-refractivity contribution in [3.8, 4) is 0 Å². The number of para-hydroxylation sites is 1. The fraction of sp³-hybridized carbons (Fsp3) is 0.652. The number of fused-ring (bicyclic) bond motifs is 3. The molecule has 2 bridgehead atoms. The van der Waals surface area contributed by atoms with Crippen molar-refractivity contribution >= 4 is 17.5 Å². The summed E-state index contributed by atoms with van der Waals surface area (Å²) in [6, 6.07) is 7.71. The Balaban J connectivity index is 1.41. The van der Waals surface area contributed by atoms with E-state index in [0.717, 1.165) is 31.4 Å². The van der Waals surface area contributed by atoms with Gasteiger partial charge in [-0.2, -0.15) is 0 Å². The van der Waals surface area contributed by atoms with Gasteiger partial charge in [-0.3, -0.25) is 9.59 Å². The first-order chi connectivity index (χ1) is 13.8. The van der Waals surface area contributed by atoms with Gasteiger partial charge in [0.1, 0.15) is 5.66 Å². The van der Waals surface area contributed by atoms with Crippen LogP contribution in [0.15, 0.2) is 24.3 Å². The molecule has 3 saturated carbocycles. The average Bonchev–Trinajstić information content (AvgIpc) is 2.66. The number of nitrogens with zero attached hydrogens (tertiary/aromatic N) is 1. The molecular formula is C23H31N3O3. The third-order valence-electron chi connectivity index (χ3n) is 7.70. The summed E-state index contributed by atoms with van der Waals surface area (Å²) in [7, 11) is 0. The molecule has 6 atom stereocenters. The van der Waals surface area contributed by atoms with Crippen molar-refractivity contribution in [2.45, 2.75) is 64.3 Å². The summed E-state index contributed by atoms with van der Waals surface area (Å²) in [5.74, 6) is 0.539. The maximum Gasteiger partial charge on any atom is 0.255 e. The van der Waals surface area contributed by atoms with E-state index in [2.05, 4.69) is 17.6 Å². The van der Waals surface area contributed by atoms with Crippen molar-refractivity contribution < 1.29 is 14.3 Å². The highest BCUT2D eigenvalue weighted by molar-refractivity contribution is 6.02. The van der Waals surface area contributed by atoms with Gasteiger partial charge in [-0.05, 0) is 57.1 Å². The Morgan fingerprint density at radius 1 is 1.17 bits per heavy atom. The van der Waals surface area contributed by atoms with Crippen LogP contribution in [0.1, 0.15) is 56.8 Å². The number of nitrogens with one attached hydrogen (secondary N) is 2. The van der Waals surface area contributed by atoms with Crippen molar-refractivity contribution in [2.75, 3.05) is 18.4 Å². The van der Waals surface area contributed by atoms with Crippen LogP contribution < -0.4 is 10.6 Å². The SMILES string of the molecule is C[C@@H]1CN(C(=O)[C@@H]2C[C@H]3CC[C@@]2(C)C[C@]32NC(=O)c3ccccc3N2)C[C@H](C)O1. The van der Waals surface area contributed by atoms with Crippen LogP contribution in [-0.2, 0) is 9.53 Å². The number of amides is 2. The molecule has 1 spiro atoms. The number of morpholine rings is 1. The maximum atomic E-state index is 13.5. The highest BCUT2D eigenvalue weighted by Gasteiger charge is 2.60. The van der Waals surface area contributed by atoms with Gasteiger partial charge in [0.15, 0.2) is 0 Å². The highest BCUT2D eigenvalue weighted by atomic mass is 16.5. The number of hydrogen-bond donors (Lipinski definition) is 2. The van der Waals surface area contributed by atoms with Crippen LogP contribution >= 0.6 is 0 Å². The van der Waals surface area contributed by atoms with Crippen LogP contribution in [-0.4, -0.2) is 47.7 Å². The summed E-state index contributed by atoms with van der Waals surface area (Å²) in [5.41, 5.74) is 1.05. The first kappa shape index (κ1) is 18.9. The number of rotatable bonds is 1. The molecule has 2 aliphatic heterocycles. The first-order valence-corrected chi connectivity index (χ1v) is 10.9. The zero-order chi connectivity index (χ0) is 20.4. The van der Waals surface area contributed by atoms with Crippen LogP contribution in [0.25, 0.3) is 0 Å². The molecule has 0 aromatic heterocycles. The molecule has 6 rings (SSSR count). The summed E-state index contributed by atoms with van der Waals surface area (Å²) >= 11 is 0. The summed E-state index contributed by atoms with van der Waals surface area (Å²) in [6.45, 7) is 7.67. The second-order valence-corrected chi connectivity index (χ2v) is 9.95. The van der Waals surface area contributed by atoms with Gasteiger partial charge >= 0.3 is 0 Å². The number of ether oxygens (including phenoxy) is 1. The number of benzene rings is 1. The quantitative estimate of drug-likeness (QED) is 0.764. The molecule has 0 radical (unpaired) electrons. The molecule has 2 heterocycles. The van der Waals surface area contributed by atoms with Crippen molar-refractivity contribution in [2.24, 2.45) is 17.3 Å². The Morgan fingerprint density at radius 3 is 2.62 bits per heavy atom. The van der Waals surface area contributed by atoms with Gasteiger partial charge in [-0.1, -0.05) is 19.1 Å². The fourth-order valence-corrected chi connectivity index (χ4v) is 6.41. The molecule has 2 N–H and O–H groups in total. The smallest absolute Gasteiger partial charge is 0.255 e. The van der Waals surface area contributed by atoms with Crippen LogP contribution in [0.5, 0.6) is 0 Å². The Bertz CT molecular complexity index is 848. The minimum Gasteiger partial charge on any atom is -0.372 e. The third kappa shape index (κ3) is 2.95. The summed E-state index contributed by atoms with van der Waals surface area (Å²) in [6.07, 6.45) is 3.84. The maximum absolute atomic E-state index is 13.5.